The quantitative estimate of drug-likeness (QED) is 0.475. The van der Waals surface area contributed by atoms with Gasteiger partial charge < -0.3 is 10.6 Å². The molecule has 2 amide bonds. The molecular weight excluding hydrogens is 360 g/mol. The molecule has 2 aromatic carbocycles. The maximum Gasteiger partial charge on any atom is 0.255 e. The van der Waals surface area contributed by atoms with E-state index >= 15 is 0 Å². The topological polar surface area (TPSA) is 58.2 Å². The normalized spacial score (nSPS) is 11.2. The predicted octanol–water partition coefficient (Wildman–Crippen LogP) is 6.54. The van der Waals surface area contributed by atoms with Crippen molar-refractivity contribution >= 4 is 23.2 Å². The van der Waals surface area contributed by atoms with Gasteiger partial charge in [-0.15, -0.1) is 0 Å². The first-order valence-electron chi connectivity index (χ1n) is 10.6. The fraction of sp³-hybridized carbons (Fsp3) is 0.440. The maximum absolute atomic E-state index is 12.5. The lowest BCUT2D eigenvalue weighted by Gasteiger charge is -2.19. The maximum atomic E-state index is 12.5. The van der Waals surface area contributed by atoms with Gasteiger partial charge in [0, 0.05) is 23.4 Å². The molecule has 4 nitrogen and oxygen atoms in total. The minimum absolute atomic E-state index is 0.0164. The largest absolute Gasteiger partial charge is 0.326 e. The molecule has 2 rings (SSSR count). The van der Waals surface area contributed by atoms with Crippen LogP contribution in [-0.2, 0) is 10.2 Å². The molecule has 0 aliphatic carbocycles. The average Bonchev–Trinajstić information content (AvgIpc) is 2.67. The number of hydrogen-bond acceptors (Lipinski definition) is 2. The number of anilines is 2. The van der Waals surface area contributed by atoms with Crippen LogP contribution in [0.5, 0.6) is 0 Å². The molecule has 0 atom stereocenters. The number of carbonyl (C=O) groups is 2. The summed E-state index contributed by atoms with van der Waals surface area (Å²) in [6, 6.07) is 15.0. The zero-order chi connectivity index (χ0) is 21.3. The first kappa shape index (κ1) is 22.7. The SMILES string of the molecule is CCCCCCCC(=O)Nc1cccc(NC(=O)c2ccc(C(C)(C)C)cc2)c1. The Bertz CT molecular complexity index is 804. The van der Waals surface area contributed by atoms with Crippen molar-refractivity contribution in [3.05, 3.63) is 59.7 Å². The zero-order valence-electron chi connectivity index (χ0n) is 18.2. The Morgan fingerprint density at radius 1 is 0.828 bits per heavy atom. The fourth-order valence-corrected chi connectivity index (χ4v) is 3.11. The molecule has 0 saturated carbocycles. The second-order valence-electron chi connectivity index (χ2n) is 8.57. The Morgan fingerprint density at radius 2 is 1.45 bits per heavy atom. The lowest BCUT2D eigenvalue weighted by molar-refractivity contribution is -0.116. The van der Waals surface area contributed by atoms with Crippen LogP contribution in [0.15, 0.2) is 48.5 Å². The summed E-state index contributed by atoms with van der Waals surface area (Å²) in [7, 11) is 0. The second kappa shape index (κ2) is 10.8. The summed E-state index contributed by atoms with van der Waals surface area (Å²) in [4.78, 5) is 24.7. The predicted molar refractivity (Wildman–Crippen MR) is 122 cm³/mol. The third kappa shape index (κ3) is 7.72. The van der Waals surface area contributed by atoms with Crippen molar-refractivity contribution in [1.82, 2.24) is 0 Å². The van der Waals surface area contributed by atoms with Gasteiger partial charge in [-0.05, 0) is 47.7 Å². The zero-order valence-corrected chi connectivity index (χ0v) is 18.2. The molecule has 0 bridgehead atoms. The van der Waals surface area contributed by atoms with Crippen LogP contribution in [0.4, 0.5) is 11.4 Å². The number of unbranched alkanes of at least 4 members (excludes halogenated alkanes) is 4. The minimum Gasteiger partial charge on any atom is -0.326 e. The first-order valence-corrected chi connectivity index (χ1v) is 10.6. The van der Waals surface area contributed by atoms with Crippen LogP contribution in [-0.4, -0.2) is 11.8 Å². The molecule has 0 aromatic heterocycles. The third-order valence-corrected chi connectivity index (χ3v) is 4.92. The van der Waals surface area contributed by atoms with E-state index in [1.54, 1.807) is 6.07 Å². The molecule has 0 radical (unpaired) electrons. The fourth-order valence-electron chi connectivity index (χ4n) is 3.11. The van der Waals surface area contributed by atoms with Gasteiger partial charge in [0.1, 0.15) is 0 Å². The summed E-state index contributed by atoms with van der Waals surface area (Å²) in [6.07, 6.45) is 6.13. The van der Waals surface area contributed by atoms with Gasteiger partial charge >= 0.3 is 0 Å². The summed E-state index contributed by atoms with van der Waals surface area (Å²) in [6.45, 7) is 8.62. The van der Waals surface area contributed by atoms with Gasteiger partial charge in [0.2, 0.25) is 5.91 Å². The number of hydrogen-bond donors (Lipinski definition) is 2. The number of nitrogens with one attached hydrogen (secondary N) is 2. The van der Waals surface area contributed by atoms with Gasteiger partial charge in [-0.2, -0.15) is 0 Å². The van der Waals surface area contributed by atoms with Crippen LogP contribution in [0.1, 0.15) is 82.1 Å². The Morgan fingerprint density at radius 3 is 2.07 bits per heavy atom. The number of rotatable bonds is 9. The summed E-state index contributed by atoms with van der Waals surface area (Å²) in [5.74, 6) is -0.146. The summed E-state index contributed by atoms with van der Waals surface area (Å²) < 4.78 is 0. The van der Waals surface area contributed by atoms with Crippen molar-refractivity contribution in [2.24, 2.45) is 0 Å². The molecule has 4 heteroatoms. The molecule has 0 aliphatic rings. The van der Waals surface area contributed by atoms with E-state index in [1.807, 2.05) is 42.5 Å². The van der Waals surface area contributed by atoms with Gasteiger partial charge in [-0.25, -0.2) is 0 Å². The van der Waals surface area contributed by atoms with Gasteiger partial charge in [-0.3, -0.25) is 9.59 Å². The highest BCUT2D eigenvalue weighted by molar-refractivity contribution is 6.04. The monoisotopic (exact) mass is 394 g/mol. The Hall–Kier alpha value is -2.62. The van der Waals surface area contributed by atoms with Gasteiger partial charge in [-0.1, -0.05) is 71.6 Å². The van der Waals surface area contributed by atoms with Crippen LogP contribution in [0.2, 0.25) is 0 Å². The van der Waals surface area contributed by atoms with Crippen molar-refractivity contribution in [1.29, 1.82) is 0 Å². The highest BCUT2D eigenvalue weighted by Crippen LogP contribution is 2.23. The van der Waals surface area contributed by atoms with Crippen LogP contribution in [0.3, 0.4) is 0 Å². The summed E-state index contributed by atoms with van der Waals surface area (Å²) in [5.41, 5.74) is 3.21. The van der Waals surface area contributed by atoms with E-state index in [-0.39, 0.29) is 17.2 Å². The van der Waals surface area contributed by atoms with Gasteiger partial charge in [0.25, 0.3) is 5.91 Å². The van der Waals surface area contributed by atoms with Gasteiger partial charge in [0.15, 0.2) is 0 Å². The van der Waals surface area contributed by atoms with E-state index in [0.29, 0.717) is 23.4 Å². The van der Waals surface area contributed by atoms with E-state index in [2.05, 4.69) is 38.3 Å². The summed E-state index contributed by atoms with van der Waals surface area (Å²) >= 11 is 0. The lowest BCUT2D eigenvalue weighted by atomic mass is 9.87. The van der Waals surface area contributed by atoms with Crippen LogP contribution in [0, 0.1) is 0 Å². The summed E-state index contributed by atoms with van der Waals surface area (Å²) in [5, 5.41) is 5.83. The molecule has 0 fully saturated rings. The van der Waals surface area contributed by atoms with Crippen molar-refractivity contribution < 1.29 is 9.59 Å². The Labute approximate surface area is 175 Å². The van der Waals surface area contributed by atoms with E-state index < -0.39 is 0 Å². The minimum atomic E-state index is -0.162. The highest BCUT2D eigenvalue weighted by Gasteiger charge is 2.14. The molecule has 0 unspecified atom stereocenters. The second-order valence-corrected chi connectivity index (χ2v) is 8.57. The molecule has 2 aromatic rings. The van der Waals surface area contributed by atoms with E-state index in [0.717, 1.165) is 12.8 Å². The molecule has 0 spiro atoms. The molecule has 0 saturated heterocycles. The number of amides is 2. The van der Waals surface area contributed by atoms with Crippen LogP contribution < -0.4 is 10.6 Å². The number of benzene rings is 2. The molecular formula is C25H34N2O2. The lowest BCUT2D eigenvalue weighted by Crippen LogP contribution is -2.15. The van der Waals surface area contributed by atoms with E-state index in [9.17, 15) is 9.59 Å². The molecule has 0 heterocycles. The van der Waals surface area contributed by atoms with Crippen molar-refractivity contribution in [2.45, 2.75) is 71.6 Å². The third-order valence-electron chi connectivity index (χ3n) is 4.92. The smallest absolute Gasteiger partial charge is 0.255 e. The number of carbonyl (C=O) groups excluding carboxylic acids is 2. The van der Waals surface area contributed by atoms with Crippen LogP contribution in [0.25, 0.3) is 0 Å². The first-order chi connectivity index (χ1) is 13.8. The Balaban J connectivity index is 1.90. The van der Waals surface area contributed by atoms with Crippen molar-refractivity contribution in [2.75, 3.05) is 10.6 Å². The van der Waals surface area contributed by atoms with Gasteiger partial charge in [0.05, 0.1) is 0 Å². The molecule has 0 aliphatic heterocycles. The van der Waals surface area contributed by atoms with Crippen LogP contribution >= 0.6 is 0 Å². The standard InChI is InChI=1S/C25H34N2O2/c1-5-6-7-8-9-13-23(28)26-21-11-10-12-22(18-21)27-24(29)19-14-16-20(17-15-19)25(2,3)4/h10-12,14-18H,5-9,13H2,1-4H3,(H,26,28)(H,27,29). The van der Waals surface area contributed by atoms with E-state index in [4.69, 9.17) is 0 Å². The average molecular weight is 395 g/mol. The molecule has 2 N–H and O–H groups in total. The highest BCUT2D eigenvalue weighted by atomic mass is 16.2. The Kier molecular flexibility index (Phi) is 8.44. The van der Waals surface area contributed by atoms with E-state index in [1.165, 1.54) is 24.8 Å². The molecule has 29 heavy (non-hydrogen) atoms. The molecule has 156 valence electrons. The van der Waals surface area contributed by atoms with Crippen molar-refractivity contribution in [3.63, 3.8) is 0 Å². The van der Waals surface area contributed by atoms with Crippen molar-refractivity contribution in [3.8, 4) is 0 Å².